The Morgan fingerprint density at radius 3 is 2.29 bits per heavy atom. The summed E-state index contributed by atoms with van der Waals surface area (Å²) in [4.78, 5) is 26.2. The van der Waals surface area contributed by atoms with Gasteiger partial charge in [-0.3, -0.25) is 9.59 Å². The lowest BCUT2D eigenvalue weighted by Crippen LogP contribution is -2.32. The molecule has 0 aromatic heterocycles. The number of halogens is 3. The quantitative estimate of drug-likeness (QED) is 0.520. The van der Waals surface area contributed by atoms with Crippen LogP contribution in [-0.4, -0.2) is 11.8 Å². The molecule has 0 saturated carbocycles. The molecule has 0 bridgehead atoms. The molecule has 3 rings (SSSR count). The summed E-state index contributed by atoms with van der Waals surface area (Å²) >= 11 is 14.2. The molecule has 0 spiro atoms. The Morgan fingerprint density at radius 1 is 1.00 bits per heavy atom. The minimum atomic E-state index is -0.555. The van der Waals surface area contributed by atoms with Gasteiger partial charge in [-0.2, -0.15) is 0 Å². The zero-order valence-corrected chi connectivity index (χ0v) is 16.1. The number of carbonyl (C=O) groups excluding carboxylic acids is 2. The Bertz CT molecular complexity index is 879. The average Bonchev–Trinajstić information content (AvgIpc) is 2.74. The molecule has 0 saturated heterocycles. The first-order chi connectivity index (χ1) is 11.4. The summed E-state index contributed by atoms with van der Waals surface area (Å²) in [5.74, 6) is -1.05. The number of anilines is 2. The monoisotopic (exact) mass is 472 g/mol. The number of benzene rings is 2. The molecule has 1 N–H and O–H groups in total. The van der Waals surface area contributed by atoms with Gasteiger partial charge in [-0.25, -0.2) is 4.90 Å². The van der Waals surface area contributed by atoms with Crippen molar-refractivity contribution in [1.29, 1.82) is 0 Å². The van der Waals surface area contributed by atoms with Gasteiger partial charge in [0.15, 0.2) is 0 Å². The van der Waals surface area contributed by atoms with Crippen LogP contribution in [0.1, 0.15) is 5.56 Å². The second kappa shape index (κ2) is 6.74. The highest BCUT2D eigenvalue weighted by molar-refractivity contribution is 14.1. The Morgan fingerprint density at radius 2 is 1.67 bits per heavy atom. The molecule has 122 valence electrons. The lowest BCUT2D eigenvalue weighted by atomic mass is 10.2. The molecule has 24 heavy (non-hydrogen) atoms. The summed E-state index contributed by atoms with van der Waals surface area (Å²) in [5, 5.41) is 3.34. The summed E-state index contributed by atoms with van der Waals surface area (Å²) in [6.45, 7) is 1.78. The largest absolute Gasteiger partial charge is 0.350 e. The van der Waals surface area contributed by atoms with Crippen LogP contribution in [0, 0.1) is 10.5 Å². The summed E-state index contributed by atoms with van der Waals surface area (Å²) in [5.41, 5.74) is 1.92. The number of carbonyl (C=O) groups is 2. The van der Waals surface area contributed by atoms with Crippen molar-refractivity contribution in [3.8, 4) is 0 Å². The maximum atomic E-state index is 12.7. The van der Waals surface area contributed by atoms with E-state index in [9.17, 15) is 9.59 Å². The molecule has 1 aliphatic rings. The van der Waals surface area contributed by atoms with Gasteiger partial charge >= 0.3 is 0 Å². The molecular weight excluding hydrogens is 462 g/mol. The minimum Gasteiger partial charge on any atom is -0.350 e. The van der Waals surface area contributed by atoms with Gasteiger partial charge in [-0.05, 0) is 77.5 Å². The van der Waals surface area contributed by atoms with Gasteiger partial charge in [0, 0.05) is 14.3 Å². The Balaban J connectivity index is 1.94. The predicted molar refractivity (Wildman–Crippen MR) is 104 cm³/mol. The number of nitrogens with zero attached hydrogens (tertiary/aromatic N) is 1. The van der Waals surface area contributed by atoms with E-state index >= 15 is 0 Å². The molecule has 0 aliphatic carbocycles. The van der Waals surface area contributed by atoms with Crippen LogP contribution in [0.25, 0.3) is 0 Å². The molecule has 0 atom stereocenters. The number of hydrogen-bond acceptors (Lipinski definition) is 3. The molecule has 7 heteroatoms. The van der Waals surface area contributed by atoms with Crippen molar-refractivity contribution in [2.45, 2.75) is 6.92 Å². The highest BCUT2D eigenvalue weighted by Gasteiger charge is 2.39. The second-order valence-electron chi connectivity index (χ2n) is 5.20. The van der Waals surface area contributed by atoms with Crippen molar-refractivity contribution >= 4 is 69.0 Å². The number of amides is 2. The van der Waals surface area contributed by atoms with Crippen LogP contribution >= 0.6 is 45.8 Å². The van der Waals surface area contributed by atoms with Crippen LogP contribution in [-0.2, 0) is 9.59 Å². The van der Waals surface area contributed by atoms with Gasteiger partial charge < -0.3 is 5.32 Å². The van der Waals surface area contributed by atoms with Crippen molar-refractivity contribution in [3.63, 3.8) is 0 Å². The lowest BCUT2D eigenvalue weighted by Gasteiger charge is -2.17. The fourth-order valence-electron chi connectivity index (χ4n) is 2.38. The fourth-order valence-corrected chi connectivity index (χ4v) is 3.18. The van der Waals surface area contributed by atoms with Crippen LogP contribution in [0.15, 0.2) is 53.2 Å². The molecule has 2 aromatic rings. The van der Waals surface area contributed by atoms with E-state index in [0.717, 1.165) is 8.47 Å². The molecular formula is C17H11Cl2IN2O2. The summed E-state index contributed by atoms with van der Waals surface area (Å²) < 4.78 is 1.06. The first kappa shape index (κ1) is 17.3. The third-order valence-corrected chi connectivity index (χ3v) is 4.85. The molecule has 1 aliphatic heterocycles. The smallest absolute Gasteiger partial charge is 0.283 e. The number of imide groups is 1. The van der Waals surface area contributed by atoms with Gasteiger partial charge in [-0.1, -0.05) is 23.2 Å². The topological polar surface area (TPSA) is 49.4 Å². The number of hydrogen-bond donors (Lipinski definition) is 1. The number of aryl methyl sites for hydroxylation is 1. The van der Waals surface area contributed by atoms with Crippen LogP contribution in [0.4, 0.5) is 11.4 Å². The summed E-state index contributed by atoms with van der Waals surface area (Å²) in [7, 11) is 0. The van der Waals surface area contributed by atoms with Crippen molar-refractivity contribution in [2.24, 2.45) is 0 Å². The third-order valence-electron chi connectivity index (χ3n) is 3.54. The van der Waals surface area contributed by atoms with Crippen LogP contribution in [0.5, 0.6) is 0 Å². The maximum absolute atomic E-state index is 12.7. The van der Waals surface area contributed by atoms with Crippen molar-refractivity contribution in [2.75, 3.05) is 10.2 Å². The Hall–Kier alpha value is -1.57. The van der Waals surface area contributed by atoms with Gasteiger partial charge in [-0.15, -0.1) is 0 Å². The first-order valence-electron chi connectivity index (χ1n) is 6.96. The zero-order chi connectivity index (χ0) is 17.4. The number of nitrogens with one attached hydrogen (secondary N) is 1. The SMILES string of the molecule is Cc1cc(Cl)ccc1N1C(=O)C(Cl)=C(Nc2ccc(I)cc2)C1=O. The van der Waals surface area contributed by atoms with Gasteiger partial charge in [0.1, 0.15) is 10.7 Å². The van der Waals surface area contributed by atoms with E-state index in [1.807, 2.05) is 24.3 Å². The van der Waals surface area contributed by atoms with Crippen molar-refractivity contribution in [3.05, 3.63) is 67.4 Å². The van der Waals surface area contributed by atoms with Crippen molar-refractivity contribution < 1.29 is 9.59 Å². The molecule has 0 unspecified atom stereocenters. The van der Waals surface area contributed by atoms with E-state index in [4.69, 9.17) is 23.2 Å². The predicted octanol–water partition coefficient (Wildman–Crippen LogP) is 4.69. The minimum absolute atomic E-state index is 0.0669. The normalized spacial score (nSPS) is 14.6. The molecule has 4 nitrogen and oxygen atoms in total. The van der Waals surface area contributed by atoms with Crippen molar-refractivity contribution in [1.82, 2.24) is 0 Å². The summed E-state index contributed by atoms with van der Waals surface area (Å²) in [6.07, 6.45) is 0. The van der Waals surface area contributed by atoms with Gasteiger partial charge in [0.2, 0.25) is 0 Å². The van der Waals surface area contributed by atoms with Gasteiger partial charge in [0.05, 0.1) is 5.69 Å². The van der Waals surface area contributed by atoms with Gasteiger partial charge in [0.25, 0.3) is 11.8 Å². The van der Waals surface area contributed by atoms with E-state index in [2.05, 4.69) is 27.9 Å². The Kier molecular flexibility index (Phi) is 4.85. The molecule has 1 heterocycles. The van der Waals surface area contributed by atoms with E-state index in [0.29, 0.717) is 22.0 Å². The van der Waals surface area contributed by atoms with Crippen LogP contribution < -0.4 is 10.2 Å². The third kappa shape index (κ3) is 3.16. The Labute approximate surface area is 162 Å². The second-order valence-corrected chi connectivity index (χ2v) is 7.26. The molecule has 2 aromatic carbocycles. The average molecular weight is 473 g/mol. The molecule has 0 fully saturated rings. The standard InChI is InChI=1S/C17H11Cl2IN2O2/c1-9-8-10(18)2-7-13(9)22-16(23)14(19)15(17(22)24)21-12-5-3-11(20)4-6-12/h2-8,21H,1H3. The fraction of sp³-hybridized carbons (Fsp3) is 0.0588. The van der Waals surface area contributed by atoms with Crippen LogP contribution in [0.3, 0.4) is 0 Å². The maximum Gasteiger partial charge on any atom is 0.283 e. The van der Waals surface area contributed by atoms with E-state index < -0.39 is 11.8 Å². The van der Waals surface area contributed by atoms with Crippen LogP contribution in [0.2, 0.25) is 5.02 Å². The van der Waals surface area contributed by atoms with E-state index in [1.165, 1.54) is 0 Å². The first-order valence-corrected chi connectivity index (χ1v) is 8.79. The highest BCUT2D eigenvalue weighted by atomic mass is 127. The zero-order valence-electron chi connectivity index (χ0n) is 12.4. The highest BCUT2D eigenvalue weighted by Crippen LogP contribution is 2.33. The molecule has 2 amide bonds. The number of rotatable bonds is 3. The lowest BCUT2D eigenvalue weighted by molar-refractivity contribution is -0.120. The van der Waals surface area contributed by atoms with E-state index in [1.54, 1.807) is 25.1 Å². The molecule has 0 radical (unpaired) electrons. The van der Waals surface area contributed by atoms with E-state index in [-0.39, 0.29) is 10.7 Å². The summed E-state index contributed by atoms with van der Waals surface area (Å²) in [6, 6.07) is 12.4.